The van der Waals surface area contributed by atoms with E-state index in [9.17, 15) is 14.0 Å². The average Bonchev–Trinajstić information content (AvgIpc) is 2.61. The highest BCUT2D eigenvalue weighted by Crippen LogP contribution is 2.29. The predicted octanol–water partition coefficient (Wildman–Crippen LogP) is 3.49. The van der Waals surface area contributed by atoms with E-state index in [4.69, 9.17) is 21.1 Å². The Hall–Kier alpha value is -2.80. The van der Waals surface area contributed by atoms with Crippen molar-refractivity contribution in [2.24, 2.45) is 0 Å². The SMILES string of the molecule is COc1ccc(OC)c(NC(=O)CN(C(C)=O)c2ccc(F)c(Cl)c2)c1. The minimum absolute atomic E-state index is 0.136. The van der Waals surface area contributed by atoms with Crippen LogP contribution in [-0.2, 0) is 9.59 Å². The van der Waals surface area contributed by atoms with Crippen molar-refractivity contribution in [3.63, 3.8) is 0 Å². The molecule has 2 amide bonds. The Kier molecular flexibility index (Phi) is 6.41. The molecule has 0 spiro atoms. The summed E-state index contributed by atoms with van der Waals surface area (Å²) in [4.78, 5) is 25.5. The molecule has 0 fully saturated rings. The first-order chi connectivity index (χ1) is 12.3. The zero-order valence-corrected chi connectivity index (χ0v) is 15.3. The van der Waals surface area contributed by atoms with Crippen LogP contribution in [0.2, 0.25) is 5.02 Å². The summed E-state index contributed by atoms with van der Waals surface area (Å²) < 4.78 is 23.7. The summed E-state index contributed by atoms with van der Waals surface area (Å²) in [5.41, 5.74) is 0.717. The fraction of sp³-hybridized carbons (Fsp3) is 0.222. The normalized spacial score (nSPS) is 10.2. The fourth-order valence-corrected chi connectivity index (χ4v) is 2.46. The first kappa shape index (κ1) is 19.5. The summed E-state index contributed by atoms with van der Waals surface area (Å²) in [6.07, 6.45) is 0. The molecule has 0 saturated carbocycles. The van der Waals surface area contributed by atoms with Crippen LogP contribution in [0.1, 0.15) is 6.92 Å². The Morgan fingerprint density at radius 1 is 1.15 bits per heavy atom. The molecule has 2 aromatic rings. The van der Waals surface area contributed by atoms with Crippen molar-refractivity contribution in [3.05, 3.63) is 47.2 Å². The van der Waals surface area contributed by atoms with Gasteiger partial charge in [-0.3, -0.25) is 9.59 Å². The second-order valence-corrected chi connectivity index (χ2v) is 5.73. The number of carbonyl (C=O) groups is 2. The Morgan fingerprint density at radius 2 is 1.88 bits per heavy atom. The van der Waals surface area contributed by atoms with Crippen LogP contribution in [0, 0.1) is 5.82 Å². The summed E-state index contributed by atoms with van der Waals surface area (Å²) in [6, 6.07) is 8.74. The van der Waals surface area contributed by atoms with Crippen LogP contribution in [0.15, 0.2) is 36.4 Å². The quantitative estimate of drug-likeness (QED) is 0.833. The van der Waals surface area contributed by atoms with E-state index in [1.807, 2.05) is 0 Å². The second-order valence-electron chi connectivity index (χ2n) is 5.32. The van der Waals surface area contributed by atoms with Gasteiger partial charge in [0.05, 0.1) is 24.9 Å². The Balaban J connectivity index is 2.21. The number of nitrogens with zero attached hydrogens (tertiary/aromatic N) is 1. The molecular weight excluding hydrogens is 363 g/mol. The zero-order chi connectivity index (χ0) is 19.3. The van der Waals surface area contributed by atoms with Crippen LogP contribution in [0.5, 0.6) is 11.5 Å². The molecule has 0 aliphatic heterocycles. The molecule has 0 aliphatic rings. The zero-order valence-electron chi connectivity index (χ0n) is 14.5. The molecule has 1 N–H and O–H groups in total. The molecule has 0 unspecified atom stereocenters. The van der Waals surface area contributed by atoms with Crippen LogP contribution in [0.4, 0.5) is 15.8 Å². The number of halogens is 2. The van der Waals surface area contributed by atoms with Gasteiger partial charge in [0.15, 0.2) is 0 Å². The first-order valence-electron chi connectivity index (χ1n) is 7.60. The third-order valence-electron chi connectivity index (χ3n) is 3.58. The number of anilines is 2. The highest BCUT2D eigenvalue weighted by Gasteiger charge is 2.18. The highest BCUT2D eigenvalue weighted by atomic mass is 35.5. The fourth-order valence-electron chi connectivity index (χ4n) is 2.28. The molecule has 138 valence electrons. The molecule has 26 heavy (non-hydrogen) atoms. The van der Waals surface area contributed by atoms with Crippen molar-refractivity contribution < 1.29 is 23.5 Å². The number of hydrogen-bond acceptors (Lipinski definition) is 4. The summed E-state index contributed by atoms with van der Waals surface area (Å²) in [7, 11) is 2.98. The summed E-state index contributed by atoms with van der Waals surface area (Å²) in [5.74, 6) is -0.481. The lowest BCUT2D eigenvalue weighted by Gasteiger charge is -2.21. The maximum absolute atomic E-state index is 13.3. The molecule has 2 aromatic carbocycles. The van der Waals surface area contributed by atoms with E-state index in [1.54, 1.807) is 18.2 Å². The third-order valence-corrected chi connectivity index (χ3v) is 3.87. The minimum atomic E-state index is -0.607. The number of hydrogen-bond donors (Lipinski definition) is 1. The largest absolute Gasteiger partial charge is 0.497 e. The monoisotopic (exact) mass is 380 g/mol. The van der Waals surface area contributed by atoms with E-state index in [0.717, 1.165) is 6.07 Å². The maximum atomic E-state index is 13.3. The smallest absolute Gasteiger partial charge is 0.244 e. The van der Waals surface area contributed by atoms with Gasteiger partial charge >= 0.3 is 0 Å². The third kappa shape index (κ3) is 4.64. The van der Waals surface area contributed by atoms with Gasteiger partial charge in [0, 0.05) is 18.7 Å². The van der Waals surface area contributed by atoms with Crippen molar-refractivity contribution in [2.45, 2.75) is 6.92 Å². The molecule has 0 aliphatic carbocycles. The van der Waals surface area contributed by atoms with E-state index in [0.29, 0.717) is 22.9 Å². The van der Waals surface area contributed by atoms with E-state index in [-0.39, 0.29) is 17.5 Å². The van der Waals surface area contributed by atoms with Crippen molar-refractivity contribution in [3.8, 4) is 11.5 Å². The number of nitrogens with one attached hydrogen (secondary N) is 1. The lowest BCUT2D eigenvalue weighted by Crippen LogP contribution is -2.36. The number of benzene rings is 2. The van der Waals surface area contributed by atoms with Gasteiger partial charge in [-0.2, -0.15) is 0 Å². The van der Waals surface area contributed by atoms with Crippen molar-refractivity contribution in [1.29, 1.82) is 0 Å². The van der Waals surface area contributed by atoms with Crippen LogP contribution < -0.4 is 19.7 Å². The summed E-state index contributed by atoms with van der Waals surface area (Å²) >= 11 is 5.76. The van der Waals surface area contributed by atoms with E-state index >= 15 is 0 Å². The summed E-state index contributed by atoms with van der Waals surface area (Å²) in [6.45, 7) is 1.02. The van der Waals surface area contributed by atoms with Crippen molar-refractivity contribution >= 4 is 34.8 Å². The van der Waals surface area contributed by atoms with Crippen molar-refractivity contribution in [1.82, 2.24) is 0 Å². The highest BCUT2D eigenvalue weighted by molar-refractivity contribution is 6.31. The Morgan fingerprint density at radius 3 is 2.46 bits per heavy atom. The molecule has 0 heterocycles. The van der Waals surface area contributed by atoms with Gasteiger partial charge < -0.3 is 19.7 Å². The van der Waals surface area contributed by atoms with Crippen LogP contribution in [0.25, 0.3) is 0 Å². The van der Waals surface area contributed by atoms with Gasteiger partial charge in [0.2, 0.25) is 11.8 Å². The minimum Gasteiger partial charge on any atom is -0.497 e. The van der Waals surface area contributed by atoms with Crippen LogP contribution in [-0.4, -0.2) is 32.6 Å². The number of ether oxygens (including phenoxy) is 2. The standard InChI is InChI=1S/C18H18ClFN2O4/c1-11(23)22(12-4-6-15(20)14(19)8-12)10-18(24)21-16-9-13(25-2)5-7-17(16)26-3/h4-9H,10H2,1-3H3,(H,21,24). The van der Waals surface area contributed by atoms with E-state index < -0.39 is 11.7 Å². The van der Waals surface area contributed by atoms with Gasteiger partial charge in [0.25, 0.3) is 0 Å². The maximum Gasteiger partial charge on any atom is 0.244 e. The molecule has 0 saturated heterocycles. The van der Waals surface area contributed by atoms with E-state index in [1.165, 1.54) is 38.2 Å². The van der Waals surface area contributed by atoms with Crippen LogP contribution >= 0.6 is 11.6 Å². The lowest BCUT2D eigenvalue weighted by atomic mass is 10.2. The topological polar surface area (TPSA) is 67.9 Å². The van der Waals surface area contributed by atoms with Gasteiger partial charge in [-0.05, 0) is 30.3 Å². The van der Waals surface area contributed by atoms with Crippen LogP contribution in [0.3, 0.4) is 0 Å². The van der Waals surface area contributed by atoms with E-state index in [2.05, 4.69) is 5.32 Å². The van der Waals surface area contributed by atoms with Crippen molar-refractivity contribution in [2.75, 3.05) is 31.0 Å². The molecular formula is C18H18ClFN2O4. The van der Waals surface area contributed by atoms with Gasteiger partial charge in [-0.25, -0.2) is 4.39 Å². The van der Waals surface area contributed by atoms with Gasteiger partial charge in [-0.1, -0.05) is 11.6 Å². The molecule has 2 rings (SSSR count). The summed E-state index contributed by atoms with van der Waals surface area (Å²) in [5, 5.41) is 2.54. The number of carbonyl (C=O) groups excluding carboxylic acids is 2. The number of amides is 2. The molecule has 0 aromatic heterocycles. The first-order valence-corrected chi connectivity index (χ1v) is 7.98. The van der Waals surface area contributed by atoms with Gasteiger partial charge in [-0.15, -0.1) is 0 Å². The molecule has 0 bridgehead atoms. The second kappa shape index (κ2) is 8.53. The van der Waals surface area contributed by atoms with Gasteiger partial charge in [0.1, 0.15) is 23.9 Å². The Bertz CT molecular complexity index is 829. The number of rotatable bonds is 6. The number of methoxy groups -OCH3 is 2. The predicted molar refractivity (Wildman–Crippen MR) is 97.6 cm³/mol. The molecule has 8 heteroatoms. The molecule has 0 radical (unpaired) electrons. The Labute approximate surface area is 155 Å². The lowest BCUT2D eigenvalue weighted by molar-refractivity contribution is -0.120. The molecule has 0 atom stereocenters. The molecule has 6 nitrogen and oxygen atoms in total. The average molecular weight is 381 g/mol.